The number of hydrogen-bond donors (Lipinski definition) is 0. The first-order chi connectivity index (χ1) is 10.3. The topological polar surface area (TPSA) is 49.1 Å². The summed E-state index contributed by atoms with van der Waals surface area (Å²) in [6, 6.07) is 5.58. The lowest BCUT2D eigenvalue weighted by atomic mass is 10.2. The summed E-state index contributed by atoms with van der Waals surface area (Å²) in [5.41, 5.74) is 0.554. The van der Waals surface area contributed by atoms with Crippen molar-refractivity contribution in [1.29, 1.82) is 5.26 Å². The molecule has 0 unspecified atom stereocenters. The lowest BCUT2D eigenvalue weighted by Crippen LogP contribution is -2.40. The number of nitrogens with zero attached hydrogens (tertiary/aromatic N) is 3. The van der Waals surface area contributed by atoms with Gasteiger partial charge in [-0.05, 0) is 18.9 Å². The maximum absolute atomic E-state index is 8.79. The summed E-state index contributed by atoms with van der Waals surface area (Å²) in [5, 5.41) is 8.79. The molecular weight excluding hydrogens is 282 g/mol. The summed E-state index contributed by atoms with van der Waals surface area (Å²) in [6.45, 7) is 6.96. The van der Waals surface area contributed by atoms with Gasteiger partial charge in [0.1, 0.15) is 12.2 Å². The molecule has 1 atom stereocenters. The van der Waals surface area contributed by atoms with Gasteiger partial charge >= 0.3 is 0 Å². The van der Waals surface area contributed by atoms with Crippen molar-refractivity contribution >= 4 is 11.8 Å². The fourth-order valence-corrected chi connectivity index (χ4v) is 3.23. The zero-order chi connectivity index (χ0) is 14.9. The molecular formula is C16H21N3OS. The van der Waals surface area contributed by atoms with E-state index in [4.69, 9.17) is 10.00 Å². The number of allylic oxidation sites excluding steroid dienone is 1. The normalized spacial score (nSPS) is 16.9. The molecule has 2 heterocycles. The highest BCUT2D eigenvalue weighted by molar-refractivity contribution is 7.99. The molecule has 1 aromatic heterocycles. The maximum Gasteiger partial charge on any atom is 0.213 e. The van der Waals surface area contributed by atoms with Crippen LogP contribution in [0.25, 0.3) is 0 Å². The molecule has 1 fully saturated rings. The molecule has 0 amide bonds. The molecule has 0 spiro atoms. The molecule has 2 rings (SSSR count). The van der Waals surface area contributed by atoms with Gasteiger partial charge in [0, 0.05) is 43.4 Å². The third kappa shape index (κ3) is 5.41. The van der Waals surface area contributed by atoms with Gasteiger partial charge in [0.2, 0.25) is 5.88 Å². The largest absolute Gasteiger partial charge is 0.473 e. The molecule has 0 N–H and O–H groups in total. The Morgan fingerprint density at radius 1 is 1.48 bits per heavy atom. The van der Waals surface area contributed by atoms with Gasteiger partial charge in [-0.3, -0.25) is 4.90 Å². The van der Waals surface area contributed by atoms with Crippen molar-refractivity contribution in [1.82, 2.24) is 9.88 Å². The smallest absolute Gasteiger partial charge is 0.213 e. The van der Waals surface area contributed by atoms with Gasteiger partial charge in [-0.2, -0.15) is 17.0 Å². The second kappa shape index (κ2) is 8.71. The van der Waals surface area contributed by atoms with Crippen LogP contribution in [0.2, 0.25) is 0 Å². The standard InChI is InChI=1S/C16H21N3OS/c1-2-3-4-15(13-19-7-9-21-10-8-19)20-16-6-5-14(11-17)12-18-16/h2,5-6,12,15H,1,3-4,7-10,13H2/t15-/m1/s1. The van der Waals surface area contributed by atoms with E-state index in [1.165, 1.54) is 11.5 Å². The number of ether oxygens (including phenoxy) is 1. The van der Waals surface area contributed by atoms with E-state index in [0.717, 1.165) is 32.5 Å². The van der Waals surface area contributed by atoms with Crippen LogP contribution in [-0.4, -0.2) is 47.1 Å². The molecule has 0 bridgehead atoms. The Bertz CT molecular complexity index is 477. The van der Waals surface area contributed by atoms with E-state index in [-0.39, 0.29) is 6.10 Å². The van der Waals surface area contributed by atoms with Gasteiger partial charge in [-0.25, -0.2) is 4.98 Å². The summed E-state index contributed by atoms with van der Waals surface area (Å²) in [4.78, 5) is 6.65. The highest BCUT2D eigenvalue weighted by Gasteiger charge is 2.18. The van der Waals surface area contributed by atoms with E-state index >= 15 is 0 Å². The van der Waals surface area contributed by atoms with Crippen molar-refractivity contribution in [3.05, 3.63) is 36.5 Å². The van der Waals surface area contributed by atoms with E-state index in [1.807, 2.05) is 17.8 Å². The molecule has 1 aromatic rings. The minimum atomic E-state index is 0.117. The molecule has 0 radical (unpaired) electrons. The predicted molar refractivity (Wildman–Crippen MR) is 86.6 cm³/mol. The van der Waals surface area contributed by atoms with Crippen molar-refractivity contribution in [2.75, 3.05) is 31.1 Å². The van der Waals surface area contributed by atoms with Gasteiger partial charge < -0.3 is 4.74 Å². The third-order valence-corrected chi connectivity index (χ3v) is 4.35. The fourth-order valence-electron chi connectivity index (χ4n) is 2.25. The van der Waals surface area contributed by atoms with Crippen LogP contribution >= 0.6 is 11.8 Å². The highest BCUT2D eigenvalue weighted by Crippen LogP contribution is 2.15. The van der Waals surface area contributed by atoms with Crippen molar-refractivity contribution in [3.63, 3.8) is 0 Å². The van der Waals surface area contributed by atoms with E-state index < -0.39 is 0 Å². The van der Waals surface area contributed by atoms with Gasteiger partial charge in [-0.1, -0.05) is 6.08 Å². The Labute approximate surface area is 130 Å². The number of nitriles is 1. The van der Waals surface area contributed by atoms with Crippen LogP contribution in [0, 0.1) is 11.3 Å². The van der Waals surface area contributed by atoms with Crippen molar-refractivity contribution < 1.29 is 4.74 Å². The fraction of sp³-hybridized carbons (Fsp3) is 0.500. The van der Waals surface area contributed by atoms with E-state index in [9.17, 15) is 0 Å². The summed E-state index contributed by atoms with van der Waals surface area (Å²) in [6.07, 6.45) is 5.47. The first-order valence-electron chi connectivity index (χ1n) is 7.25. The number of rotatable bonds is 7. The molecule has 4 nitrogen and oxygen atoms in total. The SMILES string of the molecule is C=CCC[C@H](CN1CCSCC1)Oc1ccc(C#N)cn1. The van der Waals surface area contributed by atoms with E-state index in [2.05, 4.69) is 22.5 Å². The molecule has 0 aromatic carbocycles. The number of thioether (sulfide) groups is 1. The summed E-state index contributed by atoms with van der Waals surface area (Å²) < 4.78 is 6.00. The first kappa shape index (κ1) is 15.9. The van der Waals surface area contributed by atoms with Crippen LogP contribution in [-0.2, 0) is 0 Å². The van der Waals surface area contributed by atoms with Gasteiger partial charge in [-0.15, -0.1) is 6.58 Å². The number of pyridine rings is 1. The van der Waals surface area contributed by atoms with Gasteiger partial charge in [0.25, 0.3) is 0 Å². The molecule has 1 aliphatic heterocycles. The Kier molecular flexibility index (Phi) is 6.58. The van der Waals surface area contributed by atoms with Crippen LogP contribution in [0.15, 0.2) is 31.0 Å². The second-order valence-electron chi connectivity index (χ2n) is 5.02. The Hall–Kier alpha value is -1.51. The van der Waals surface area contributed by atoms with E-state index in [0.29, 0.717) is 11.4 Å². The molecule has 0 aliphatic carbocycles. The quantitative estimate of drug-likeness (QED) is 0.725. The van der Waals surface area contributed by atoms with Gasteiger partial charge in [0.15, 0.2) is 0 Å². The van der Waals surface area contributed by atoms with Crippen LogP contribution in [0.1, 0.15) is 18.4 Å². The predicted octanol–water partition coefficient (Wildman–Crippen LogP) is 2.72. The van der Waals surface area contributed by atoms with E-state index in [1.54, 1.807) is 18.3 Å². The Balaban J connectivity index is 1.93. The number of hydrogen-bond acceptors (Lipinski definition) is 5. The second-order valence-corrected chi connectivity index (χ2v) is 6.24. The molecule has 1 saturated heterocycles. The summed E-state index contributed by atoms with van der Waals surface area (Å²) in [5.74, 6) is 2.99. The highest BCUT2D eigenvalue weighted by atomic mass is 32.2. The minimum absolute atomic E-state index is 0.117. The molecule has 112 valence electrons. The Morgan fingerprint density at radius 3 is 2.90 bits per heavy atom. The molecule has 5 heteroatoms. The van der Waals surface area contributed by atoms with Crippen LogP contribution in [0.5, 0.6) is 5.88 Å². The maximum atomic E-state index is 8.79. The van der Waals surface area contributed by atoms with Crippen molar-refractivity contribution in [2.24, 2.45) is 0 Å². The van der Waals surface area contributed by atoms with Crippen molar-refractivity contribution in [3.8, 4) is 11.9 Å². The molecule has 21 heavy (non-hydrogen) atoms. The zero-order valence-corrected chi connectivity index (χ0v) is 13.0. The third-order valence-electron chi connectivity index (χ3n) is 3.41. The summed E-state index contributed by atoms with van der Waals surface area (Å²) >= 11 is 2.01. The lowest BCUT2D eigenvalue weighted by Gasteiger charge is -2.30. The average molecular weight is 303 g/mol. The monoisotopic (exact) mass is 303 g/mol. The van der Waals surface area contributed by atoms with Crippen LogP contribution in [0.4, 0.5) is 0 Å². The minimum Gasteiger partial charge on any atom is -0.473 e. The van der Waals surface area contributed by atoms with Crippen molar-refractivity contribution in [2.45, 2.75) is 18.9 Å². The molecule has 1 aliphatic rings. The molecule has 0 saturated carbocycles. The first-order valence-corrected chi connectivity index (χ1v) is 8.41. The number of aromatic nitrogens is 1. The van der Waals surface area contributed by atoms with Gasteiger partial charge in [0.05, 0.1) is 5.56 Å². The zero-order valence-electron chi connectivity index (χ0n) is 12.2. The lowest BCUT2D eigenvalue weighted by molar-refractivity contribution is 0.127. The Morgan fingerprint density at radius 2 is 2.29 bits per heavy atom. The van der Waals surface area contributed by atoms with Crippen LogP contribution < -0.4 is 4.74 Å². The van der Waals surface area contributed by atoms with Crippen LogP contribution in [0.3, 0.4) is 0 Å². The summed E-state index contributed by atoms with van der Waals surface area (Å²) in [7, 11) is 0. The average Bonchev–Trinajstić information content (AvgIpc) is 2.54.